The average molecular weight is 305 g/mol. The molecule has 4 N–H and O–H groups in total. The molecule has 0 aromatic rings. The fraction of sp³-hybridized carbons (Fsp3) is 0.833. The lowest BCUT2D eigenvalue weighted by Crippen LogP contribution is -2.58. The van der Waals surface area contributed by atoms with Crippen molar-refractivity contribution >= 4 is 21.6 Å². The number of oxime groups is 1. The van der Waals surface area contributed by atoms with Gasteiger partial charge in [-0.3, -0.25) is 4.79 Å². The van der Waals surface area contributed by atoms with E-state index in [0.717, 1.165) is 6.26 Å². The molecule has 116 valence electrons. The SMILES string of the molecule is CC1CC(C(=O)NCC(C)(C)S(C)(=O)=O)(C(N)=NO)C1. The fourth-order valence-electron chi connectivity index (χ4n) is 2.33. The van der Waals surface area contributed by atoms with E-state index < -0.39 is 20.0 Å². The lowest BCUT2D eigenvalue weighted by atomic mass is 9.61. The Balaban J connectivity index is 2.81. The second-order valence-corrected chi connectivity index (χ2v) is 8.94. The van der Waals surface area contributed by atoms with E-state index >= 15 is 0 Å². The highest BCUT2D eigenvalue weighted by Gasteiger charge is 2.52. The number of amides is 1. The van der Waals surface area contributed by atoms with Gasteiger partial charge in [-0.2, -0.15) is 0 Å². The van der Waals surface area contributed by atoms with Gasteiger partial charge < -0.3 is 16.3 Å². The predicted molar refractivity (Wildman–Crippen MR) is 76.2 cm³/mol. The Labute approximate surface area is 119 Å². The van der Waals surface area contributed by atoms with Gasteiger partial charge in [0.05, 0.1) is 4.75 Å². The second-order valence-electron chi connectivity index (χ2n) is 6.30. The minimum Gasteiger partial charge on any atom is -0.409 e. The standard InChI is InChI=1S/C12H23N3O4S/c1-8-5-12(6-8,9(13)15-17)10(16)14-7-11(2,3)20(4,18)19/h8,17H,5-7H2,1-4H3,(H2,13,15)(H,14,16). The van der Waals surface area contributed by atoms with Crippen LogP contribution in [0.5, 0.6) is 0 Å². The molecular weight excluding hydrogens is 282 g/mol. The third-order valence-corrected chi connectivity index (χ3v) is 6.26. The number of hydrogen-bond donors (Lipinski definition) is 3. The smallest absolute Gasteiger partial charge is 0.234 e. The minimum absolute atomic E-state index is 0.0144. The maximum absolute atomic E-state index is 12.3. The van der Waals surface area contributed by atoms with Crippen molar-refractivity contribution in [1.29, 1.82) is 0 Å². The zero-order valence-electron chi connectivity index (χ0n) is 12.3. The Kier molecular flexibility index (Phi) is 4.38. The molecule has 1 amide bonds. The third kappa shape index (κ3) is 2.89. The molecule has 0 atom stereocenters. The number of hydrogen-bond acceptors (Lipinski definition) is 5. The van der Waals surface area contributed by atoms with Crippen LogP contribution in [0.3, 0.4) is 0 Å². The number of nitrogens with two attached hydrogens (primary N) is 1. The van der Waals surface area contributed by atoms with Gasteiger partial charge in [0.25, 0.3) is 0 Å². The van der Waals surface area contributed by atoms with Gasteiger partial charge in [0.15, 0.2) is 15.7 Å². The molecule has 20 heavy (non-hydrogen) atoms. The number of carbonyl (C=O) groups is 1. The van der Waals surface area contributed by atoms with Crippen LogP contribution < -0.4 is 11.1 Å². The molecule has 0 spiro atoms. The summed E-state index contributed by atoms with van der Waals surface area (Å²) in [5.74, 6) is -0.197. The summed E-state index contributed by atoms with van der Waals surface area (Å²) >= 11 is 0. The van der Waals surface area contributed by atoms with Crippen molar-refractivity contribution in [2.24, 2.45) is 22.2 Å². The molecule has 1 rings (SSSR count). The fourth-order valence-corrected chi connectivity index (χ4v) is 2.66. The maximum Gasteiger partial charge on any atom is 0.234 e. The Morgan fingerprint density at radius 1 is 1.50 bits per heavy atom. The van der Waals surface area contributed by atoms with Crippen molar-refractivity contribution < 1.29 is 18.4 Å². The normalized spacial score (nSPS) is 27.8. The van der Waals surface area contributed by atoms with E-state index in [1.54, 1.807) is 13.8 Å². The molecule has 1 aliphatic carbocycles. The van der Waals surface area contributed by atoms with E-state index in [1.807, 2.05) is 6.92 Å². The van der Waals surface area contributed by atoms with Crippen molar-refractivity contribution in [3.05, 3.63) is 0 Å². The molecule has 0 unspecified atom stereocenters. The Hall–Kier alpha value is -1.31. The second kappa shape index (κ2) is 5.23. The quantitative estimate of drug-likeness (QED) is 0.287. The average Bonchev–Trinajstić information content (AvgIpc) is 2.29. The summed E-state index contributed by atoms with van der Waals surface area (Å²) < 4.78 is 22.1. The molecule has 0 aliphatic heterocycles. The van der Waals surface area contributed by atoms with Gasteiger partial charge in [0.2, 0.25) is 5.91 Å². The van der Waals surface area contributed by atoms with E-state index in [0.29, 0.717) is 18.8 Å². The summed E-state index contributed by atoms with van der Waals surface area (Å²) in [4.78, 5) is 12.3. The van der Waals surface area contributed by atoms with E-state index in [9.17, 15) is 13.2 Å². The van der Waals surface area contributed by atoms with Crippen LogP contribution in [-0.4, -0.2) is 42.9 Å². The minimum atomic E-state index is -3.29. The van der Waals surface area contributed by atoms with Crippen molar-refractivity contribution in [3.8, 4) is 0 Å². The molecular formula is C12H23N3O4S. The summed E-state index contributed by atoms with van der Waals surface area (Å²) in [6.45, 7) is 5.04. The molecule has 0 saturated heterocycles. The lowest BCUT2D eigenvalue weighted by Gasteiger charge is -2.44. The summed E-state index contributed by atoms with van der Waals surface area (Å²) in [7, 11) is -3.29. The van der Waals surface area contributed by atoms with E-state index in [2.05, 4.69) is 10.5 Å². The molecule has 1 saturated carbocycles. The Bertz CT molecular complexity index is 519. The largest absolute Gasteiger partial charge is 0.409 e. The molecule has 0 heterocycles. The van der Waals surface area contributed by atoms with Crippen molar-refractivity contribution in [3.63, 3.8) is 0 Å². The first-order valence-electron chi connectivity index (χ1n) is 6.42. The van der Waals surface area contributed by atoms with Crippen LogP contribution in [0.2, 0.25) is 0 Å². The number of carbonyl (C=O) groups excluding carboxylic acids is 1. The van der Waals surface area contributed by atoms with Crippen LogP contribution in [0.15, 0.2) is 5.16 Å². The summed E-state index contributed by atoms with van der Waals surface area (Å²) in [5.41, 5.74) is 4.61. The van der Waals surface area contributed by atoms with E-state index in [1.165, 1.54) is 0 Å². The number of nitrogens with one attached hydrogen (secondary N) is 1. The molecule has 8 heteroatoms. The zero-order chi connectivity index (χ0) is 15.8. The van der Waals surface area contributed by atoms with Gasteiger partial charge in [0, 0.05) is 12.8 Å². The summed E-state index contributed by atoms with van der Waals surface area (Å²) in [5, 5.41) is 14.4. The van der Waals surface area contributed by atoms with Crippen LogP contribution in [0.25, 0.3) is 0 Å². The van der Waals surface area contributed by atoms with E-state index in [-0.39, 0.29) is 18.3 Å². The molecule has 1 fully saturated rings. The highest BCUT2D eigenvalue weighted by molar-refractivity contribution is 7.92. The third-order valence-electron chi connectivity index (χ3n) is 4.10. The van der Waals surface area contributed by atoms with Crippen molar-refractivity contribution in [1.82, 2.24) is 5.32 Å². The molecule has 7 nitrogen and oxygen atoms in total. The van der Waals surface area contributed by atoms with Crippen LogP contribution in [0.4, 0.5) is 0 Å². The zero-order valence-corrected chi connectivity index (χ0v) is 13.1. The van der Waals surface area contributed by atoms with Crippen LogP contribution in [0.1, 0.15) is 33.6 Å². The maximum atomic E-state index is 12.3. The Morgan fingerprint density at radius 2 is 2.00 bits per heavy atom. The highest BCUT2D eigenvalue weighted by Crippen LogP contribution is 2.45. The first-order valence-corrected chi connectivity index (χ1v) is 8.31. The van der Waals surface area contributed by atoms with Gasteiger partial charge in [-0.1, -0.05) is 12.1 Å². The number of nitrogens with zero attached hydrogens (tertiary/aromatic N) is 1. The topological polar surface area (TPSA) is 122 Å². The molecule has 0 aromatic carbocycles. The van der Waals surface area contributed by atoms with Crippen LogP contribution >= 0.6 is 0 Å². The molecule has 1 aliphatic rings. The lowest BCUT2D eigenvalue weighted by molar-refractivity contribution is -0.133. The van der Waals surface area contributed by atoms with Crippen molar-refractivity contribution in [2.75, 3.05) is 12.8 Å². The molecule has 0 radical (unpaired) electrons. The predicted octanol–water partition coefficient (Wildman–Crippen LogP) is 0.0885. The summed E-state index contributed by atoms with van der Waals surface area (Å²) in [6.07, 6.45) is 2.12. The first kappa shape index (κ1) is 16.7. The monoisotopic (exact) mass is 305 g/mol. The molecule has 0 bridgehead atoms. The van der Waals surface area contributed by atoms with Gasteiger partial charge in [-0.05, 0) is 32.6 Å². The van der Waals surface area contributed by atoms with Gasteiger partial charge >= 0.3 is 0 Å². The van der Waals surface area contributed by atoms with Gasteiger partial charge in [-0.25, -0.2) is 8.42 Å². The number of rotatable bonds is 5. The van der Waals surface area contributed by atoms with Crippen LogP contribution in [0, 0.1) is 11.3 Å². The summed E-state index contributed by atoms with van der Waals surface area (Å²) in [6, 6.07) is 0. The van der Waals surface area contributed by atoms with Crippen LogP contribution in [-0.2, 0) is 14.6 Å². The number of sulfone groups is 1. The first-order chi connectivity index (χ1) is 8.96. The molecule has 0 aromatic heterocycles. The van der Waals surface area contributed by atoms with Crippen molar-refractivity contribution in [2.45, 2.75) is 38.4 Å². The van der Waals surface area contributed by atoms with E-state index in [4.69, 9.17) is 10.9 Å². The number of amidine groups is 1. The Morgan fingerprint density at radius 3 is 2.35 bits per heavy atom. The highest BCUT2D eigenvalue weighted by atomic mass is 32.2. The van der Waals surface area contributed by atoms with Gasteiger partial charge in [0.1, 0.15) is 5.41 Å². The van der Waals surface area contributed by atoms with Gasteiger partial charge in [-0.15, -0.1) is 0 Å².